The Kier molecular flexibility index (Phi) is 49.0. The molecular formula is H2O6WZr. The van der Waals surface area contributed by atoms with Crippen molar-refractivity contribution in [3.63, 3.8) is 0 Å². The van der Waals surface area contributed by atoms with Crippen molar-refractivity contribution in [2.45, 2.75) is 0 Å². The second-order valence-electron chi connectivity index (χ2n) is 0.217. The van der Waals surface area contributed by atoms with Gasteiger partial charge in [0.1, 0.15) is 0 Å². The van der Waals surface area contributed by atoms with E-state index in [4.69, 9.17) is 17.3 Å². The molecule has 0 aromatic carbocycles. The number of hydrogen-bond acceptors (Lipinski definition) is 6. The Balaban J connectivity index is -0.0000000575. The van der Waals surface area contributed by atoms with Crippen LogP contribution in [0.1, 0.15) is 0 Å². The summed E-state index contributed by atoms with van der Waals surface area (Å²) in [4.78, 5) is 0. The van der Waals surface area contributed by atoms with Crippen LogP contribution in [0.15, 0.2) is 0 Å². The molecule has 0 radical (unpaired) electrons. The molecule has 0 atom stereocenters. The van der Waals surface area contributed by atoms with Crippen LogP contribution in [-0.4, -0.2) is 10.5 Å². The molecule has 2 N–H and O–H groups in total. The van der Waals surface area contributed by atoms with Gasteiger partial charge in [-0.25, -0.2) is 10.5 Å². The predicted molar refractivity (Wildman–Crippen MR) is 8.80 cm³/mol. The van der Waals surface area contributed by atoms with Crippen LogP contribution in [-0.2, 0) is 61.6 Å². The van der Waals surface area contributed by atoms with Gasteiger partial charge in [-0.05, 0) is 10.1 Å². The molecule has 0 saturated carbocycles. The van der Waals surface area contributed by atoms with Crippen molar-refractivity contribution in [2.75, 3.05) is 0 Å². The molecule has 0 aliphatic carbocycles. The zero-order valence-electron chi connectivity index (χ0n) is 3.44. The molecule has 0 fully saturated rings. The summed E-state index contributed by atoms with van der Waals surface area (Å²) in [5.41, 5.74) is 0. The maximum Gasteiger partial charge on any atom is 0 e. The fraction of sp³-hybridized carbons (Fsp3) is 0. The summed E-state index contributed by atoms with van der Waals surface area (Å²) in [7, 11) is 0. The first-order valence-electron chi connectivity index (χ1n) is 0.865. The quantitative estimate of drug-likeness (QED) is 0.482. The third-order valence-corrected chi connectivity index (χ3v) is 0.0333. The maximum atomic E-state index is 8.54. The minimum absolute atomic E-state index is 0. The molecule has 0 rings (SSSR count). The van der Waals surface area contributed by atoms with Gasteiger partial charge in [-0.2, -0.15) is 0 Å². The molecule has 0 amide bonds. The minimum Gasteiger partial charge on any atom is 0 e. The van der Waals surface area contributed by atoms with E-state index in [1.807, 2.05) is 0 Å². The molecule has 0 aromatic heterocycles. The van der Waals surface area contributed by atoms with E-state index in [2.05, 4.69) is 10.1 Å². The van der Waals surface area contributed by atoms with Gasteiger partial charge in [-0.3, -0.25) is 0 Å². The summed E-state index contributed by atoms with van der Waals surface area (Å²) in [6.45, 7) is 0. The standard InChI is InChI=1S/H2O4.2O.W.Zr/c1-3-4-2;;;;/h1-2H;;;;. The van der Waals surface area contributed by atoms with E-state index in [9.17, 15) is 0 Å². The molecule has 0 aromatic rings. The SMILES string of the molecule is OOOO.[O]=[W]=[O].[Zr]. The van der Waals surface area contributed by atoms with Gasteiger partial charge in [-0.15, -0.1) is 0 Å². The predicted octanol–water partition coefficient (Wildman–Crippen LogP) is -0.362. The zero-order valence-corrected chi connectivity index (χ0v) is 8.83. The third kappa shape index (κ3) is 62.6. The zero-order chi connectivity index (χ0) is 6.12. The van der Waals surface area contributed by atoms with Crippen molar-refractivity contribution in [3.05, 3.63) is 0 Å². The Morgan fingerprint density at radius 3 is 1.25 bits per heavy atom. The fourth-order valence-electron chi connectivity index (χ4n) is 0. The molecule has 8 heavy (non-hydrogen) atoms. The van der Waals surface area contributed by atoms with Crippen LogP contribution >= 0.6 is 0 Å². The number of hydrogen-bond donors (Lipinski definition) is 2. The van der Waals surface area contributed by atoms with Gasteiger partial charge in [0.2, 0.25) is 0 Å². The Bertz CT molecular complexity index is 44.5. The Hall–Kier alpha value is 1.01. The molecule has 0 saturated heterocycles. The summed E-state index contributed by atoms with van der Waals surface area (Å²) < 4.78 is 17.1. The molecular weight excluding hydrogens is 371 g/mol. The van der Waals surface area contributed by atoms with Crippen molar-refractivity contribution < 1.29 is 72.1 Å². The molecule has 6 nitrogen and oxygen atoms in total. The van der Waals surface area contributed by atoms with E-state index in [1.54, 1.807) is 0 Å². The fourth-order valence-corrected chi connectivity index (χ4v) is 0. The van der Waals surface area contributed by atoms with Crippen LogP contribution in [0.4, 0.5) is 0 Å². The second kappa shape index (κ2) is 24.5. The van der Waals surface area contributed by atoms with Crippen LogP contribution in [0.2, 0.25) is 0 Å². The van der Waals surface area contributed by atoms with Crippen LogP contribution in [0.5, 0.6) is 0 Å². The van der Waals surface area contributed by atoms with Crippen molar-refractivity contribution in [1.82, 2.24) is 0 Å². The van der Waals surface area contributed by atoms with E-state index in [-0.39, 0.29) is 26.2 Å². The third-order valence-electron chi connectivity index (χ3n) is 0.0333. The first-order valence-corrected chi connectivity index (χ1v) is 3.26. The summed E-state index contributed by atoms with van der Waals surface area (Å²) in [5, 5.41) is 19.0. The normalized spacial score (nSPS) is 5.25. The first kappa shape index (κ1) is 16.0. The van der Waals surface area contributed by atoms with E-state index in [1.165, 1.54) is 0 Å². The molecule has 0 heterocycles. The van der Waals surface area contributed by atoms with Crippen LogP contribution in [0, 0.1) is 0 Å². The summed E-state index contributed by atoms with van der Waals surface area (Å²) >= 11 is -2.25. The average molecular weight is 373 g/mol. The van der Waals surface area contributed by atoms with Crippen molar-refractivity contribution in [3.8, 4) is 0 Å². The van der Waals surface area contributed by atoms with Gasteiger partial charge < -0.3 is 0 Å². The first-order chi connectivity index (χ1) is 3.33. The largest absolute Gasteiger partial charge is 0 e. The van der Waals surface area contributed by atoms with Gasteiger partial charge >= 0.3 is 25.3 Å². The van der Waals surface area contributed by atoms with Crippen LogP contribution in [0.3, 0.4) is 0 Å². The smallest absolute Gasteiger partial charge is 0 e. The molecule has 8 heteroatoms. The average Bonchev–Trinajstić information content (AvgIpc) is 1.69. The monoisotopic (exact) mass is 372 g/mol. The second-order valence-corrected chi connectivity index (χ2v) is 0.706. The molecule has 0 bridgehead atoms. The Morgan fingerprint density at radius 2 is 1.25 bits per heavy atom. The van der Waals surface area contributed by atoms with Crippen LogP contribution in [0.25, 0.3) is 0 Å². The maximum absolute atomic E-state index is 8.54. The van der Waals surface area contributed by atoms with Gasteiger partial charge in [0.15, 0.2) is 0 Å². The van der Waals surface area contributed by atoms with Gasteiger partial charge in [0, 0.05) is 26.2 Å². The van der Waals surface area contributed by atoms with Crippen molar-refractivity contribution in [2.24, 2.45) is 0 Å². The molecule has 48 valence electrons. The summed E-state index contributed by atoms with van der Waals surface area (Å²) in [5.74, 6) is 0. The van der Waals surface area contributed by atoms with E-state index in [0.29, 0.717) is 0 Å². The topological polar surface area (TPSA) is 93.1 Å². The Morgan fingerprint density at radius 1 is 1.12 bits per heavy atom. The summed E-state index contributed by atoms with van der Waals surface area (Å²) in [6, 6.07) is 0. The van der Waals surface area contributed by atoms with Crippen molar-refractivity contribution in [1.29, 1.82) is 0 Å². The van der Waals surface area contributed by atoms with Gasteiger partial charge in [0.05, 0.1) is 0 Å². The van der Waals surface area contributed by atoms with Gasteiger partial charge in [-0.1, -0.05) is 0 Å². The van der Waals surface area contributed by atoms with E-state index in [0.717, 1.165) is 0 Å². The Labute approximate surface area is 71.8 Å². The van der Waals surface area contributed by atoms with Crippen molar-refractivity contribution >= 4 is 0 Å². The molecule has 0 aliphatic rings. The van der Waals surface area contributed by atoms with E-state index < -0.39 is 18.5 Å². The molecule has 0 aliphatic heterocycles. The van der Waals surface area contributed by atoms with E-state index >= 15 is 0 Å². The number of rotatable bonds is 1. The summed E-state index contributed by atoms with van der Waals surface area (Å²) in [6.07, 6.45) is 0. The van der Waals surface area contributed by atoms with Gasteiger partial charge in [0.25, 0.3) is 0 Å². The molecule has 0 unspecified atom stereocenters. The van der Waals surface area contributed by atoms with Crippen LogP contribution < -0.4 is 0 Å². The molecule has 0 spiro atoms. The minimum atomic E-state index is -2.25.